The Kier molecular flexibility index (Phi) is 3.27. The Morgan fingerprint density at radius 3 is 2.35 bits per heavy atom. The smallest absolute Gasteiger partial charge is 0.134 e. The normalized spacial score (nSPS) is 12.1. The molecule has 4 heteroatoms. The number of phenols is 1. The number of nitrogens with one attached hydrogen (secondary N) is 1. The molecule has 0 bridgehead atoms. The van der Waals surface area contributed by atoms with Crippen LogP contribution in [0.1, 0.15) is 0 Å². The molecule has 0 aromatic heterocycles. The second kappa shape index (κ2) is 4.86. The van der Waals surface area contributed by atoms with Gasteiger partial charge in [-0.05, 0) is 24.3 Å². The Bertz CT molecular complexity index is 512. The summed E-state index contributed by atoms with van der Waals surface area (Å²) < 4.78 is 5.54. The van der Waals surface area contributed by atoms with Crippen molar-refractivity contribution in [3.05, 3.63) is 53.7 Å². The summed E-state index contributed by atoms with van der Waals surface area (Å²) in [6.07, 6.45) is 0. The lowest BCUT2D eigenvalue weighted by atomic mass is 10.3. The van der Waals surface area contributed by atoms with Crippen molar-refractivity contribution >= 4 is 5.69 Å². The predicted molar refractivity (Wildman–Crippen MR) is 64.5 cm³/mol. The number of hydroxylamine groups is 1. The van der Waals surface area contributed by atoms with E-state index in [1.807, 2.05) is 0 Å². The minimum atomic E-state index is -0.00800. The predicted octanol–water partition coefficient (Wildman–Crippen LogP) is 1.83. The molecule has 0 radical (unpaired) electrons. The fraction of sp³-hybridized carbons (Fsp3) is 0.0769. The molecule has 0 aliphatic carbocycles. The van der Waals surface area contributed by atoms with Gasteiger partial charge in [-0.2, -0.15) is 0 Å². The lowest BCUT2D eigenvalue weighted by Gasteiger charge is -2.16. The highest BCUT2D eigenvalue weighted by Gasteiger charge is 2.02. The van der Waals surface area contributed by atoms with Gasteiger partial charge in [-0.1, -0.05) is 12.1 Å². The number of benzene rings is 2. The van der Waals surface area contributed by atoms with Crippen LogP contribution in [-0.2, 0) is 0 Å². The van der Waals surface area contributed by atoms with Crippen molar-refractivity contribution in [2.75, 3.05) is 7.05 Å². The number of phenolic OH excluding ortho intramolecular Hbond substituents is 1. The van der Waals surface area contributed by atoms with Gasteiger partial charge in [0.2, 0.25) is 0 Å². The van der Waals surface area contributed by atoms with E-state index in [0.717, 1.165) is 0 Å². The van der Waals surface area contributed by atoms with Crippen molar-refractivity contribution in [3.8, 4) is 17.2 Å². The average molecular weight is 231 g/mol. The molecule has 1 unspecified atom stereocenters. The molecule has 17 heavy (non-hydrogen) atoms. The zero-order valence-electron chi connectivity index (χ0n) is 9.38. The molecular formula is C13H13NO3. The van der Waals surface area contributed by atoms with Crippen molar-refractivity contribution in [1.82, 2.24) is 0 Å². The molecule has 2 aromatic carbocycles. The molecule has 0 aliphatic rings. The molecule has 1 atom stereocenters. The van der Waals surface area contributed by atoms with Crippen molar-refractivity contribution in [3.63, 3.8) is 0 Å². The molecule has 2 rings (SSSR count). The monoisotopic (exact) mass is 231 g/mol. The summed E-state index contributed by atoms with van der Waals surface area (Å²) in [4.78, 5) is 0. The highest BCUT2D eigenvalue weighted by Crippen LogP contribution is 2.25. The van der Waals surface area contributed by atoms with Gasteiger partial charge in [0.25, 0.3) is 0 Å². The SMILES string of the molecule is C[NH+]([O-])c1cccc(Oc2cccc(O)c2)c1. The van der Waals surface area contributed by atoms with E-state index in [1.165, 1.54) is 13.1 Å². The van der Waals surface area contributed by atoms with Gasteiger partial charge < -0.3 is 20.1 Å². The molecule has 88 valence electrons. The maximum absolute atomic E-state index is 11.2. The molecule has 0 saturated heterocycles. The van der Waals surface area contributed by atoms with Crippen molar-refractivity contribution in [2.45, 2.75) is 0 Å². The Labute approximate surface area is 99.3 Å². The van der Waals surface area contributed by atoms with Crippen molar-refractivity contribution in [2.24, 2.45) is 0 Å². The van der Waals surface area contributed by atoms with Crippen LogP contribution in [0.25, 0.3) is 0 Å². The van der Waals surface area contributed by atoms with Crippen LogP contribution in [0.2, 0.25) is 0 Å². The number of hydrogen-bond donors (Lipinski definition) is 2. The zero-order valence-corrected chi connectivity index (χ0v) is 9.38. The highest BCUT2D eigenvalue weighted by atomic mass is 16.5. The van der Waals surface area contributed by atoms with E-state index >= 15 is 0 Å². The lowest BCUT2D eigenvalue weighted by Crippen LogP contribution is -2.98. The van der Waals surface area contributed by atoms with Gasteiger partial charge in [0.1, 0.15) is 22.9 Å². The van der Waals surface area contributed by atoms with E-state index in [0.29, 0.717) is 17.2 Å². The minimum absolute atomic E-state index is 0.00800. The van der Waals surface area contributed by atoms with Crippen LogP contribution in [0.15, 0.2) is 48.5 Å². The summed E-state index contributed by atoms with van der Waals surface area (Å²) in [6, 6.07) is 13.4. The maximum atomic E-state index is 11.2. The Balaban J connectivity index is 2.21. The molecular weight excluding hydrogens is 218 g/mol. The maximum Gasteiger partial charge on any atom is 0.134 e. The second-order valence-electron chi connectivity index (χ2n) is 3.68. The van der Waals surface area contributed by atoms with Crippen LogP contribution in [-0.4, -0.2) is 12.2 Å². The molecule has 2 N–H and O–H groups in total. The molecule has 0 heterocycles. The molecule has 0 amide bonds. The largest absolute Gasteiger partial charge is 0.629 e. The summed E-state index contributed by atoms with van der Waals surface area (Å²) in [7, 11) is 1.51. The van der Waals surface area contributed by atoms with Crippen LogP contribution in [0, 0.1) is 5.21 Å². The lowest BCUT2D eigenvalue weighted by molar-refractivity contribution is -0.751. The first-order valence-electron chi connectivity index (χ1n) is 5.23. The Morgan fingerprint density at radius 1 is 1.06 bits per heavy atom. The van der Waals surface area contributed by atoms with Crippen LogP contribution >= 0.6 is 0 Å². The summed E-state index contributed by atoms with van der Waals surface area (Å²) in [5.41, 5.74) is 0.600. The van der Waals surface area contributed by atoms with E-state index < -0.39 is 0 Å². The molecule has 0 aliphatic heterocycles. The summed E-state index contributed by atoms with van der Waals surface area (Å²) in [5.74, 6) is 1.25. The van der Waals surface area contributed by atoms with E-state index in [1.54, 1.807) is 42.5 Å². The molecule has 0 spiro atoms. The first-order chi connectivity index (χ1) is 8.15. The van der Waals surface area contributed by atoms with Crippen molar-refractivity contribution < 1.29 is 14.9 Å². The third kappa shape index (κ3) is 2.96. The van der Waals surface area contributed by atoms with E-state index in [-0.39, 0.29) is 10.8 Å². The fourth-order valence-electron chi connectivity index (χ4n) is 1.46. The molecule has 0 fully saturated rings. The van der Waals surface area contributed by atoms with E-state index in [9.17, 15) is 10.3 Å². The summed E-state index contributed by atoms with van der Waals surface area (Å²) >= 11 is 0. The minimum Gasteiger partial charge on any atom is -0.629 e. The second-order valence-corrected chi connectivity index (χ2v) is 3.68. The van der Waals surface area contributed by atoms with Crippen molar-refractivity contribution in [1.29, 1.82) is 0 Å². The van der Waals surface area contributed by atoms with E-state index in [2.05, 4.69) is 0 Å². The number of hydrogen-bond acceptors (Lipinski definition) is 3. The molecule has 0 saturated carbocycles. The van der Waals surface area contributed by atoms with Gasteiger partial charge in [-0.25, -0.2) is 0 Å². The summed E-state index contributed by atoms with van der Waals surface area (Å²) in [5, 5.41) is 20.5. The third-order valence-corrected chi connectivity index (χ3v) is 2.29. The zero-order chi connectivity index (χ0) is 12.3. The van der Waals surface area contributed by atoms with Gasteiger partial charge in [0, 0.05) is 12.1 Å². The van der Waals surface area contributed by atoms with Crippen LogP contribution < -0.4 is 9.80 Å². The van der Waals surface area contributed by atoms with Gasteiger partial charge in [0.15, 0.2) is 0 Å². The topological polar surface area (TPSA) is 57.0 Å². The number of ether oxygens (including phenoxy) is 1. The Hall–Kier alpha value is -2.04. The Morgan fingerprint density at radius 2 is 1.71 bits per heavy atom. The third-order valence-electron chi connectivity index (χ3n) is 2.29. The average Bonchev–Trinajstić information content (AvgIpc) is 2.29. The first kappa shape index (κ1) is 11.4. The quantitative estimate of drug-likeness (QED) is 0.792. The van der Waals surface area contributed by atoms with Gasteiger partial charge in [-0.3, -0.25) is 0 Å². The standard InChI is InChI=1S/C13H13NO3/c1-14(16)10-4-2-6-12(8-10)17-13-7-3-5-11(15)9-13/h2-9,14-15H,1H3. The van der Waals surface area contributed by atoms with Crippen LogP contribution in [0.3, 0.4) is 0 Å². The number of quaternary nitrogens is 1. The number of rotatable bonds is 3. The number of aromatic hydroxyl groups is 1. The summed E-state index contributed by atoms with van der Waals surface area (Å²) in [6.45, 7) is 0. The first-order valence-corrected chi connectivity index (χ1v) is 5.23. The molecule has 2 aromatic rings. The van der Waals surface area contributed by atoms with Crippen LogP contribution in [0.4, 0.5) is 5.69 Å². The van der Waals surface area contributed by atoms with Gasteiger partial charge in [0.05, 0.1) is 7.05 Å². The van der Waals surface area contributed by atoms with E-state index in [4.69, 9.17) is 4.74 Å². The molecule has 4 nitrogen and oxygen atoms in total. The highest BCUT2D eigenvalue weighted by molar-refractivity contribution is 5.41. The van der Waals surface area contributed by atoms with Gasteiger partial charge in [-0.15, -0.1) is 0 Å². The fourth-order valence-corrected chi connectivity index (χ4v) is 1.46. The van der Waals surface area contributed by atoms with Crippen LogP contribution in [0.5, 0.6) is 17.2 Å². The van der Waals surface area contributed by atoms with Gasteiger partial charge >= 0.3 is 0 Å².